The van der Waals surface area contributed by atoms with Crippen LogP contribution in [-0.2, 0) is 16.1 Å². The van der Waals surface area contributed by atoms with E-state index in [1.807, 2.05) is 6.92 Å². The normalized spacial score (nSPS) is 11.8. The predicted octanol–water partition coefficient (Wildman–Crippen LogP) is 3.59. The molecule has 0 bridgehead atoms. The molecule has 140 valence electrons. The maximum absolute atomic E-state index is 14.2. The van der Waals surface area contributed by atoms with Gasteiger partial charge in [-0.25, -0.2) is 8.78 Å². The van der Waals surface area contributed by atoms with Crippen molar-refractivity contribution in [2.45, 2.75) is 20.4 Å². The predicted molar refractivity (Wildman–Crippen MR) is 97.4 cm³/mol. The molecule has 0 saturated carbocycles. The lowest BCUT2D eigenvalue weighted by Gasteiger charge is -2.05. The number of halogens is 2. The molecule has 5 nitrogen and oxygen atoms in total. The highest BCUT2D eigenvalue weighted by molar-refractivity contribution is 7.16. The zero-order valence-electron chi connectivity index (χ0n) is 14.7. The number of nitrogens with zero attached hydrogens (tertiary/aromatic N) is 2. The van der Waals surface area contributed by atoms with Crippen molar-refractivity contribution in [2.75, 3.05) is 6.61 Å². The number of carbonyl (C=O) groups is 2. The van der Waals surface area contributed by atoms with E-state index >= 15 is 0 Å². The third-order valence-electron chi connectivity index (χ3n) is 3.83. The Hall–Kier alpha value is -2.87. The summed E-state index contributed by atoms with van der Waals surface area (Å²) in [6.07, 6.45) is 0. The Labute approximate surface area is 157 Å². The van der Waals surface area contributed by atoms with Crippen LogP contribution in [0.25, 0.3) is 10.2 Å². The van der Waals surface area contributed by atoms with Crippen molar-refractivity contribution in [3.05, 3.63) is 64.0 Å². The number of hydrogen-bond donors (Lipinski definition) is 0. The van der Waals surface area contributed by atoms with Crippen molar-refractivity contribution < 1.29 is 23.1 Å². The number of aryl methyl sites for hydroxylation is 1. The first-order valence-electron chi connectivity index (χ1n) is 8.19. The fourth-order valence-corrected chi connectivity index (χ4v) is 3.55. The molecule has 8 heteroatoms. The number of rotatable bonds is 4. The number of fused-ring (bicyclic) bond motifs is 1. The number of thiazole rings is 1. The van der Waals surface area contributed by atoms with Gasteiger partial charge in [0, 0.05) is 5.56 Å². The van der Waals surface area contributed by atoms with Gasteiger partial charge in [-0.05, 0) is 38.1 Å². The molecule has 0 radical (unpaired) electrons. The first-order chi connectivity index (χ1) is 12.9. The van der Waals surface area contributed by atoms with Crippen molar-refractivity contribution in [3.8, 4) is 0 Å². The minimum Gasteiger partial charge on any atom is -0.465 e. The Morgan fingerprint density at radius 2 is 1.85 bits per heavy atom. The molecule has 0 fully saturated rings. The molecule has 3 aromatic rings. The topological polar surface area (TPSA) is 60.7 Å². The molecule has 3 rings (SSSR count). The minimum absolute atomic E-state index is 0.0187. The summed E-state index contributed by atoms with van der Waals surface area (Å²) in [5, 5.41) is 0. The van der Waals surface area contributed by atoms with Crippen LogP contribution in [0.2, 0.25) is 0 Å². The van der Waals surface area contributed by atoms with Gasteiger partial charge in [0.1, 0.15) is 6.54 Å². The highest BCUT2D eigenvalue weighted by atomic mass is 32.1. The summed E-state index contributed by atoms with van der Waals surface area (Å²) in [4.78, 5) is 28.5. The van der Waals surface area contributed by atoms with E-state index < -0.39 is 23.5 Å². The summed E-state index contributed by atoms with van der Waals surface area (Å²) in [6.45, 7) is 3.47. The SMILES string of the molecule is CCOC(=O)Cn1/c(=N/C(=O)c2ccc(C)cc2)sc2c(F)c(F)ccc21. The quantitative estimate of drug-likeness (QED) is 0.640. The van der Waals surface area contributed by atoms with Crippen molar-refractivity contribution in [1.82, 2.24) is 4.57 Å². The number of esters is 1. The molecular weight excluding hydrogens is 374 g/mol. The van der Waals surface area contributed by atoms with Gasteiger partial charge >= 0.3 is 5.97 Å². The first-order valence-corrected chi connectivity index (χ1v) is 9.01. The van der Waals surface area contributed by atoms with Gasteiger partial charge in [-0.1, -0.05) is 29.0 Å². The highest BCUT2D eigenvalue weighted by Crippen LogP contribution is 2.23. The summed E-state index contributed by atoms with van der Waals surface area (Å²) >= 11 is 0.804. The Balaban J connectivity index is 2.15. The van der Waals surface area contributed by atoms with E-state index in [4.69, 9.17) is 4.74 Å². The van der Waals surface area contributed by atoms with Crippen LogP contribution >= 0.6 is 11.3 Å². The lowest BCUT2D eigenvalue weighted by Crippen LogP contribution is -2.23. The lowest BCUT2D eigenvalue weighted by molar-refractivity contribution is -0.143. The third kappa shape index (κ3) is 3.95. The van der Waals surface area contributed by atoms with Crippen molar-refractivity contribution in [3.63, 3.8) is 0 Å². The van der Waals surface area contributed by atoms with Gasteiger partial charge in [-0.2, -0.15) is 4.99 Å². The summed E-state index contributed by atoms with van der Waals surface area (Å²) in [5.41, 5.74) is 1.61. The lowest BCUT2D eigenvalue weighted by atomic mass is 10.1. The van der Waals surface area contributed by atoms with Crippen molar-refractivity contribution in [1.29, 1.82) is 0 Å². The van der Waals surface area contributed by atoms with Crippen LogP contribution in [-0.4, -0.2) is 23.1 Å². The Kier molecular flexibility index (Phi) is 5.46. The monoisotopic (exact) mass is 390 g/mol. The zero-order chi connectivity index (χ0) is 19.6. The van der Waals surface area contributed by atoms with Gasteiger partial charge in [-0.15, -0.1) is 0 Å². The Morgan fingerprint density at radius 1 is 1.15 bits per heavy atom. The molecule has 0 aliphatic carbocycles. The molecule has 0 N–H and O–H groups in total. The standard InChI is InChI=1S/C19H16F2N2O3S/c1-3-26-15(24)10-23-14-9-8-13(20)16(21)17(14)27-19(23)22-18(25)12-6-4-11(2)5-7-12/h4-9H,3,10H2,1-2H3/b22-19-. The first kappa shape index (κ1) is 18.9. The molecule has 1 amide bonds. The summed E-state index contributed by atoms with van der Waals surface area (Å²) in [6, 6.07) is 9.12. The maximum Gasteiger partial charge on any atom is 0.326 e. The van der Waals surface area contributed by atoms with Crippen LogP contribution < -0.4 is 4.80 Å². The van der Waals surface area contributed by atoms with Gasteiger partial charge in [0.25, 0.3) is 5.91 Å². The van der Waals surface area contributed by atoms with E-state index in [-0.39, 0.29) is 28.2 Å². The highest BCUT2D eigenvalue weighted by Gasteiger charge is 2.17. The van der Waals surface area contributed by atoms with Gasteiger partial charge in [-0.3, -0.25) is 9.59 Å². The van der Waals surface area contributed by atoms with Gasteiger partial charge in [0.05, 0.1) is 16.8 Å². The van der Waals surface area contributed by atoms with E-state index in [9.17, 15) is 18.4 Å². The fourth-order valence-electron chi connectivity index (χ4n) is 2.50. The van der Waals surface area contributed by atoms with Gasteiger partial charge < -0.3 is 9.30 Å². The molecule has 2 aromatic carbocycles. The van der Waals surface area contributed by atoms with Crippen LogP contribution in [0.15, 0.2) is 41.4 Å². The van der Waals surface area contributed by atoms with Crippen LogP contribution in [0.1, 0.15) is 22.8 Å². The van der Waals surface area contributed by atoms with E-state index in [1.165, 1.54) is 10.6 Å². The van der Waals surface area contributed by atoms with Gasteiger partial charge in [0.15, 0.2) is 16.4 Å². The molecule has 0 aliphatic heterocycles. The molecule has 0 spiro atoms. The Bertz CT molecular complexity index is 1080. The number of hydrogen-bond acceptors (Lipinski definition) is 4. The molecule has 1 heterocycles. The van der Waals surface area contributed by atoms with Crippen LogP contribution in [0.5, 0.6) is 0 Å². The molecular formula is C19H16F2N2O3S. The van der Waals surface area contributed by atoms with Crippen LogP contribution in [0.4, 0.5) is 8.78 Å². The zero-order valence-corrected chi connectivity index (χ0v) is 15.5. The van der Waals surface area contributed by atoms with E-state index in [2.05, 4.69) is 4.99 Å². The average Bonchev–Trinajstić information content (AvgIpc) is 2.97. The maximum atomic E-state index is 14.2. The molecule has 0 aliphatic rings. The van der Waals surface area contributed by atoms with E-state index in [0.29, 0.717) is 5.56 Å². The number of benzene rings is 2. The summed E-state index contributed by atoms with van der Waals surface area (Å²) in [5.74, 6) is -3.16. The number of amides is 1. The van der Waals surface area contributed by atoms with Gasteiger partial charge in [0.2, 0.25) is 0 Å². The van der Waals surface area contributed by atoms with E-state index in [0.717, 1.165) is 23.0 Å². The third-order valence-corrected chi connectivity index (χ3v) is 4.92. The second-order valence-electron chi connectivity index (χ2n) is 5.77. The molecule has 0 atom stereocenters. The summed E-state index contributed by atoms with van der Waals surface area (Å²) < 4.78 is 34.0. The van der Waals surface area contributed by atoms with Crippen LogP contribution in [0, 0.1) is 18.6 Å². The molecule has 0 unspecified atom stereocenters. The van der Waals surface area contributed by atoms with Crippen molar-refractivity contribution >= 4 is 33.4 Å². The molecule has 27 heavy (non-hydrogen) atoms. The van der Waals surface area contributed by atoms with E-state index in [1.54, 1.807) is 31.2 Å². The summed E-state index contributed by atoms with van der Waals surface area (Å²) in [7, 11) is 0. The number of aromatic nitrogens is 1. The fraction of sp³-hybridized carbons (Fsp3) is 0.211. The van der Waals surface area contributed by atoms with Crippen LogP contribution in [0.3, 0.4) is 0 Å². The van der Waals surface area contributed by atoms with Crippen molar-refractivity contribution in [2.24, 2.45) is 4.99 Å². The molecule has 0 saturated heterocycles. The second-order valence-corrected chi connectivity index (χ2v) is 6.75. The number of ether oxygens (including phenoxy) is 1. The smallest absolute Gasteiger partial charge is 0.326 e. The minimum atomic E-state index is -1.04. The number of carbonyl (C=O) groups excluding carboxylic acids is 2. The largest absolute Gasteiger partial charge is 0.465 e. The molecule has 1 aromatic heterocycles. The average molecular weight is 390 g/mol. The Morgan fingerprint density at radius 3 is 2.52 bits per heavy atom. The second kappa shape index (κ2) is 7.79.